The van der Waals surface area contributed by atoms with Gasteiger partial charge in [0.25, 0.3) is 0 Å². The Balaban J connectivity index is 1.76. The molecule has 0 spiro atoms. The van der Waals surface area contributed by atoms with E-state index in [2.05, 4.69) is 22.4 Å². The smallest absolute Gasteiger partial charge is 0.249 e. The van der Waals surface area contributed by atoms with Crippen LogP contribution in [0, 0.1) is 5.92 Å². The molecule has 3 aromatic rings. The third-order valence-electron chi connectivity index (χ3n) is 4.55. The Labute approximate surface area is 169 Å². The predicted octanol–water partition coefficient (Wildman–Crippen LogP) is 5.31. The molecule has 0 saturated carbocycles. The fraction of sp³-hybridized carbons (Fsp3) is 0.227. The Hall–Kier alpha value is -2.92. The molecule has 1 aromatic heterocycles. The summed E-state index contributed by atoms with van der Waals surface area (Å²) in [5.74, 6) is 0.780. The van der Waals surface area contributed by atoms with E-state index in [1.54, 1.807) is 18.2 Å². The number of nitrogens with one attached hydrogen (secondary N) is 1. The Bertz CT molecular complexity index is 936. The lowest BCUT2D eigenvalue weighted by Crippen LogP contribution is -2.31. The van der Waals surface area contributed by atoms with Gasteiger partial charge in [0.15, 0.2) is 0 Å². The van der Waals surface area contributed by atoms with Gasteiger partial charge < -0.3 is 9.84 Å². The lowest BCUT2D eigenvalue weighted by molar-refractivity contribution is -0.117. The van der Waals surface area contributed by atoms with Gasteiger partial charge in [-0.3, -0.25) is 4.79 Å². The van der Waals surface area contributed by atoms with E-state index < -0.39 is 0 Å². The second-order valence-corrected chi connectivity index (χ2v) is 7.02. The van der Waals surface area contributed by atoms with Crippen LogP contribution in [-0.2, 0) is 4.79 Å². The number of carbonyl (C=O) groups excluding carboxylic acids is 1. The Morgan fingerprint density at radius 2 is 1.89 bits per heavy atom. The molecule has 0 aliphatic carbocycles. The van der Waals surface area contributed by atoms with Crippen molar-refractivity contribution in [2.24, 2.45) is 5.92 Å². The summed E-state index contributed by atoms with van der Waals surface area (Å²) in [7, 11) is 0. The molecule has 2 atom stereocenters. The zero-order chi connectivity index (χ0) is 19.9. The number of benzene rings is 2. The minimum atomic E-state index is -0.369. The van der Waals surface area contributed by atoms with Gasteiger partial charge in [-0.1, -0.05) is 67.4 Å². The summed E-state index contributed by atoms with van der Waals surface area (Å²) in [6.45, 7) is 4.10. The highest BCUT2D eigenvalue weighted by molar-refractivity contribution is 6.30. The van der Waals surface area contributed by atoms with Gasteiger partial charge in [-0.25, -0.2) is 0 Å². The molecule has 6 heteroatoms. The molecule has 1 heterocycles. The van der Waals surface area contributed by atoms with Crippen LogP contribution in [0.5, 0.6) is 0 Å². The van der Waals surface area contributed by atoms with Crippen LogP contribution in [0.1, 0.15) is 37.8 Å². The minimum Gasteiger partial charge on any atom is -0.340 e. The van der Waals surface area contributed by atoms with Crippen LogP contribution in [-0.4, -0.2) is 16.0 Å². The van der Waals surface area contributed by atoms with E-state index in [1.165, 1.54) is 6.08 Å². The number of halogens is 1. The molecule has 0 bridgehead atoms. The number of aromatic nitrogens is 2. The second kappa shape index (κ2) is 9.33. The molecule has 0 aliphatic heterocycles. The fourth-order valence-electron chi connectivity index (χ4n) is 2.70. The SMILES string of the molecule is CCC(C)C(NC(=O)/C=C/c1ccccc1)c1nc(-c2ccc(Cl)cc2)no1. The van der Waals surface area contributed by atoms with Gasteiger partial charge in [0.1, 0.15) is 6.04 Å². The highest BCUT2D eigenvalue weighted by Gasteiger charge is 2.25. The van der Waals surface area contributed by atoms with Gasteiger partial charge in [0.2, 0.25) is 17.6 Å². The first kappa shape index (κ1) is 19.8. The maximum absolute atomic E-state index is 12.4. The monoisotopic (exact) mass is 395 g/mol. The molecule has 0 fully saturated rings. The lowest BCUT2D eigenvalue weighted by atomic mass is 9.99. The molecule has 1 amide bonds. The number of rotatable bonds is 7. The average molecular weight is 396 g/mol. The standard InChI is InChI=1S/C22H22ClN3O2/c1-3-15(2)20(24-19(27)14-9-16-7-5-4-6-8-16)22-25-21(26-28-22)17-10-12-18(23)13-11-17/h4-15,20H,3H2,1-2H3,(H,24,27)/b14-9+. The lowest BCUT2D eigenvalue weighted by Gasteiger charge is -2.19. The van der Waals surface area contributed by atoms with Gasteiger partial charge in [0, 0.05) is 16.7 Å². The van der Waals surface area contributed by atoms with Gasteiger partial charge in [-0.15, -0.1) is 0 Å². The van der Waals surface area contributed by atoms with Crippen LogP contribution in [0.4, 0.5) is 0 Å². The highest BCUT2D eigenvalue weighted by atomic mass is 35.5. The molecule has 28 heavy (non-hydrogen) atoms. The van der Waals surface area contributed by atoms with E-state index in [0.717, 1.165) is 17.5 Å². The molecule has 3 rings (SSSR count). The molecular weight excluding hydrogens is 374 g/mol. The Kier molecular flexibility index (Phi) is 6.61. The third kappa shape index (κ3) is 5.08. The van der Waals surface area contributed by atoms with Gasteiger partial charge in [0.05, 0.1) is 0 Å². The summed E-state index contributed by atoms with van der Waals surface area (Å²) >= 11 is 5.93. The summed E-state index contributed by atoms with van der Waals surface area (Å²) in [5.41, 5.74) is 1.76. The number of nitrogens with zero attached hydrogens (tertiary/aromatic N) is 2. The van der Waals surface area contributed by atoms with Crippen molar-refractivity contribution in [3.8, 4) is 11.4 Å². The van der Waals surface area contributed by atoms with Crippen molar-refractivity contribution in [3.05, 3.63) is 77.2 Å². The third-order valence-corrected chi connectivity index (χ3v) is 4.80. The number of amides is 1. The quantitative estimate of drug-likeness (QED) is 0.550. The van der Waals surface area contributed by atoms with Crippen molar-refractivity contribution in [1.82, 2.24) is 15.5 Å². The van der Waals surface area contributed by atoms with Crippen molar-refractivity contribution in [1.29, 1.82) is 0 Å². The van der Waals surface area contributed by atoms with Crippen LogP contribution >= 0.6 is 11.6 Å². The average Bonchev–Trinajstić information content (AvgIpc) is 3.21. The molecule has 0 radical (unpaired) electrons. The molecule has 144 valence electrons. The van der Waals surface area contributed by atoms with Crippen molar-refractivity contribution in [2.45, 2.75) is 26.3 Å². The van der Waals surface area contributed by atoms with Crippen LogP contribution in [0.15, 0.2) is 65.2 Å². The topological polar surface area (TPSA) is 68.0 Å². The van der Waals surface area contributed by atoms with Crippen molar-refractivity contribution in [3.63, 3.8) is 0 Å². The Morgan fingerprint density at radius 1 is 1.18 bits per heavy atom. The second-order valence-electron chi connectivity index (χ2n) is 6.58. The number of hydrogen-bond donors (Lipinski definition) is 1. The zero-order valence-corrected chi connectivity index (χ0v) is 16.6. The van der Waals surface area contributed by atoms with E-state index in [-0.39, 0.29) is 17.9 Å². The van der Waals surface area contributed by atoms with Gasteiger partial charge >= 0.3 is 0 Å². The van der Waals surface area contributed by atoms with Gasteiger partial charge in [-0.2, -0.15) is 4.98 Å². The number of hydrogen-bond acceptors (Lipinski definition) is 4. The molecular formula is C22H22ClN3O2. The normalized spacial score (nSPS) is 13.4. The fourth-order valence-corrected chi connectivity index (χ4v) is 2.82. The maximum Gasteiger partial charge on any atom is 0.249 e. The number of carbonyl (C=O) groups is 1. The molecule has 0 saturated heterocycles. The van der Waals surface area contributed by atoms with Crippen LogP contribution in [0.3, 0.4) is 0 Å². The largest absolute Gasteiger partial charge is 0.340 e. The molecule has 1 N–H and O–H groups in total. The van der Waals surface area contributed by atoms with E-state index in [0.29, 0.717) is 16.7 Å². The van der Waals surface area contributed by atoms with E-state index in [9.17, 15) is 4.79 Å². The van der Waals surface area contributed by atoms with Crippen molar-refractivity contribution >= 4 is 23.6 Å². The van der Waals surface area contributed by atoms with Crippen molar-refractivity contribution in [2.75, 3.05) is 0 Å². The highest BCUT2D eigenvalue weighted by Crippen LogP contribution is 2.26. The van der Waals surface area contributed by atoms with E-state index in [1.807, 2.05) is 49.4 Å². The van der Waals surface area contributed by atoms with Crippen molar-refractivity contribution < 1.29 is 9.32 Å². The summed E-state index contributed by atoms with van der Waals surface area (Å²) in [6, 6.07) is 16.5. The summed E-state index contributed by atoms with van der Waals surface area (Å²) in [4.78, 5) is 16.9. The van der Waals surface area contributed by atoms with Crippen LogP contribution in [0.2, 0.25) is 5.02 Å². The van der Waals surface area contributed by atoms with Crippen LogP contribution < -0.4 is 5.32 Å². The molecule has 5 nitrogen and oxygen atoms in total. The van der Waals surface area contributed by atoms with E-state index >= 15 is 0 Å². The minimum absolute atomic E-state index is 0.132. The summed E-state index contributed by atoms with van der Waals surface area (Å²) in [5, 5.41) is 7.68. The van der Waals surface area contributed by atoms with Crippen LogP contribution in [0.25, 0.3) is 17.5 Å². The first-order valence-corrected chi connectivity index (χ1v) is 9.57. The summed E-state index contributed by atoms with van der Waals surface area (Å²) in [6.07, 6.45) is 4.14. The Morgan fingerprint density at radius 3 is 2.57 bits per heavy atom. The molecule has 2 aromatic carbocycles. The summed E-state index contributed by atoms with van der Waals surface area (Å²) < 4.78 is 5.47. The molecule has 2 unspecified atom stereocenters. The maximum atomic E-state index is 12.4. The predicted molar refractivity (Wildman–Crippen MR) is 111 cm³/mol. The first-order valence-electron chi connectivity index (χ1n) is 9.20. The zero-order valence-electron chi connectivity index (χ0n) is 15.8. The van der Waals surface area contributed by atoms with Gasteiger partial charge in [-0.05, 0) is 41.8 Å². The first-order chi connectivity index (χ1) is 13.6. The van der Waals surface area contributed by atoms with E-state index in [4.69, 9.17) is 16.1 Å². The molecule has 0 aliphatic rings.